The molecule has 0 saturated heterocycles. The maximum absolute atomic E-state index is 10.7. The van der Waals surface area contributed by atoms with E-state index >= 15 is 0 Å². The highest BCUT2D eigenvalue weighted by Gasteiger charge is 2.09. The zero-order valence-corrected chi connectivity index (χ0v) is 10.9. The number of aromatic carboxylic acids is 1. The first kappa shape index (κ1) is 12.9. The van der Waals surface area contributed by atoms with Crippen molar-refractivity contribution in [1.82, 2.24) is 15.2 Å². The summed E-state index contributed by atoms with van der Waals surface area (Å²) in [6, 6.07) is 17.4. The van der Waals surface area contributed by atoms with Gasteiger partial charge >= 0.3 is 5.97 Å². The van der Waals surface area contributed by atoms with Gasteiger partial charge in [0.25, 0.3) is 0 Å². The summed E-state index contributed by atoms with van der Waals surface area (Å²) in [6.07, 6.45) is 1.20. The molecule has 0 radical (unpaired) electrons. The highest BCUT2D eigenvalue weighted by atomic mass is 16.7. The van der Waals surface area contributed by atoms with Crippen LogP contribution in [-0.4, -0.2) is 26.2 Å². The summed E-state index contributed by atoms with van der Waals surface area (Å²) in [7, 11) is 0. The Hall–Kier alpha value is -3.15. The number of hydrogen-bond acceptors (Lipinski definition) is 4. The van der Waals surface area contributed by atoms with Gasteiger partial charge in [0.2, 0.25) is 0 Å². The number of carboxylic acid groups (broad SMARTS) is 1. The molecular formula is C15H11N3O3. The summed E-state index contributed by atoms with van der Waals surface area (Å²) in [6.45, 7) is 0. The molecule has 1 N–H and O–H groups in total. The van der Waals surface area contributed by atoms with Crippen LogP contribution in [0, 0.1) is 0 Å². The van der Waals surface area contributed by atoms with Crippen LogP contribution in [-0.2, 0) is 0 Å². The van der Waals surface area contributed by atoms with Gasteiger partial charge in [-0.2, -0.15) is 0 Å². The van der Waals surface area contributed by atoms with E-state index in [0.717, 1.165) is 16.0 Å². The van der Waals surface area contributed by atoms with Crippen molar-refractivity contribution in [2.45, 2.75) is 0 Å². The van der Waals surface area contributed by atoms with Crippen LogP contribution in [0.2, 0.25) is 0 Å². The highest BCUT2D eigenvalue weighted by molar-refractivity contribution is 5.84. The fraction of sp³-hybridized carbons (Fsp3) is 0. The molecule has 0 saturated carbocycles. The van der Waals surface area contributed by atoms with Crippen LogP contribution in [0.25, 0.3) is 11.1 Å². The van der Waals surface area contributed by atoms with Crippen molar-refractivity contribution in [2.75, 3.05) is 0 Å². The molecule has 0 spiro atoms. The smallest absolute Gasteiger partial charge is 0.358 e. The van der Waals surface area contributed by atoms with Gasteiger partial charge in [0.1, 0.15) is 6.20 Å². The maximum atomic E-state index is 10.7. The van der Waals surface area contributed by atoms with Gasteiger partial charge in [0.15, 0.2) is 11.4 Å². The molecule has 0 atom stereocenters. The number of hydrogen-bond donors (Lipinski definition) is 1. The van der Waals surface area contributed by atoms with Gasteiger partial charge < -0.3 is 9.94 Å². The minimum Gasteiger partial charge on any atom is -0.476 e. The fourth-order valence-electron chi connectivity index (χ4n) is 1.84. The molecule has 1 heterocycles. The fourth-order valence-corrected chi connectivity index (χ4v) is 1.84. The second-order valence-corrected chi connectivity index (χ2v) is 4.29. The standard InChI is InChI=1S/C15H11N3O3/c19-15(20)14-10-18(17-16-14)21-13-8-6-12(7-9-13)11-4-2-1-3-5-11/h1-10H,(H,19,20). The molecule has 6 nitrogen and oxygen atoms in total. The van der Waals surface area contributed by atoms with Crippen LogP contribution in [0.5, 0.6) is 5.75 Å². The Morgan fingerprint density at radius 2 is 1.67 bits per heavy atom. The summed E-state index contributed by atoms with van der Waals surface area (Å²) in [5.41, 5.74) is 2.00. The SMILES string of the molecule is O=C(O)c1cn(Oc2ccc(-c3ccccc3)cc2)nn1. The van der Waals surface area contributed by atoms with E-state index < -0.39 is 5.97 Å². The average Bonchev–Trinajstić information content (AvgIpc) is 2.98. The van der Waals surface area contributed by atoms with Crippen molar-refractivity contribution in [3.63, 3.8) is 0 Å². The quantitative estimate of drug-likeness (QED) is 0.795. The van der Waals surface area contributed by atoms with Crippen LogP contribution < -0.4 is 4.84 Å². The summed E-state index contributed by atoms with van der Waals surface area (Å²) in [4.78, 5) is 17.1. The molecule has 3 rings (SSSR count). The van der Waals surface area contributed by atoms with Crippen molar-refractivity contribution in [1.29, 1.82) is 0 Å². The van der Waals surface area contributed by atoms with Crippen molar-refractivity contribution in [3.05, 3.63) is 66.5 Å². The normalized spacial score (nSPS) is 10.3. The lowest BCUT2D eigenvalue weighted by Crippen LogP contribution is -2.05. The summed E-state index contributed by atoms with van der Waals surface area (Å²) >= 11 is 0. The van der Waals surface area contributed by atoms with Gasteiger partial charge in [-0.25, -0.2) is 4.79 Å². The summed E-state index contributed by atoms with van der Waals surface area (Å²) in [5, 5.41) is 15.8. The molecule has 6 heteroatoms. The Morgan fingerprint density at radius 3 is 2.29 bits per heavy atom. The van der Waals surface area contributed by atoms with Gasteiger partial charge in [-0.15, -0.1) is 5.10 Å². The van der Waals surface area contributed by atoms with Gasteiger partial charge in [-0.05, 0) is 28.5 Å². The Kier molecular flexibility index (Phi) is 3.34. The molecule has 0 amide bonds. The number of nitrogens with zero attached hydrogens (tertiary/aromatic N) is 3. The molecule has 21 heavy (non-hydrogen) atoms. The minimum atomic E-state index is -1.15. The van der Waals surface area contributed by atoms with E-state index in [-0.39, 0.29) is 5.69 Å². The third-order valence-corrected chi connectivity index (χ3v) is 2.85. The van der Waals surface area contributed by atoms with E-state index in [4.69, 9.17) is 9.94 Å². The number of carbonyl (C=O) groups is 1. The van der Waals surface area contributed by atoms with E-state index in [9.17, 15) is 4.79 Å². The first-order chi connectivity index (χ1) is 10.2. The third-order valence-electron chi connectivity index (χ3n) is 2.85. The lowest BCUT2D eigenvalue weighted by Gasteiger charge is -2.05. The van der Waals surface area contributed by atoms with Gasteiger partial charge in [0, 0.05) is 0 Å². The predicted molar refractivity (Wildman–Crippen MR) is 74.9 cm³/mol. The topological polar surface area (TPSA) is 77.2 Å². The largest absolute Gasteiger partial charge is 0.476 e. The number of aromatic nitrogens is 3. The molecule has 104 valence electrons. The van der Waals surface area contributed by atoms with Crippen LogP contribution >= 0.6 is 0 Å². The molecule has 0 aliphatic carbocycles. The van der Waals surface area contributed by atoms with Crippen molar-refractivity contribution in [3.8, 4) is 16.9 Å². The van der Waals surface area contributed by atoms with Gasteiger partial charge in [-0.1, -0.05) is 47.3 Å². The molecule has 0 fully saturated rings. The van der Waals surface area contributed by atoms with Crippen molar-refractivity contribution < 1.29 is 14.7 Å². The van der Waals surface area contributed by atoms with E-state index in [0.29, 0.717) is 5.75 Å². The Bertz CT molecular complexity index is 751. The van der Waals surface area contributed by atoms with E-state index in [1.54, 1.807) is 12.1 Å². The van der Waals surface area contributed by atoms with E-state index in [2.05, 4.69) is 10.3 Å². The van der Waals surface area contributed by atoms with Crippen molar-refractivity contribution in [2.24, 2.45) is 0 Å². The van der Waals surface area contributed by atoms with Crippen molar-refractivity contribution >= 4 is 5.97 Å². The summed E-state index contributed by atoms with van der Waals surface area (Å²) in [5.74, 6) is -0.610. The van der Waals surface area contributed by atoms with E-state index in [1.165, 1.54) is 6.20 Å². The Balaban J connectivity index is 1.76. The first-order valence-corrected chi connectivity index (χ1v) is 6.22. The minimum absolute atomic E-state index is 0.170. The lowest BCUT2D eigenvalue weighted by atomic mass is 10.1. The first-order valence-electron chi connectivity index (χ1n) is 6.22. The molecule has 0 aliphatic rings. The second kappa shape index (κ2) is 5.46. The molecule has 0 bridgehead atoms. The number of benzene rings is 2. The van der Waals surface area contributed by atoms with Crippen LogP contribution in [0.4, 0.5) is 0 Å². The molecule has 0 unspecified atom stereocenters. The lowest BCUT2D eigenvalue weighted by molar-refractivity contribution is 0.0690. The highest BCUT2D eigenvalue weighted by Crippen LogP contribution is 2.22. The zero-order chi connectivity index (χ0) is 14.7. The Morgan fingerprint density at radius 1 is 1.00 bits per heavy atom. The van der Waals surface area contributed by atoms with E-state index in [1.807, 2.05) is 42.5 Å². The van der Waals surface area contributed by atoms with Gasteiger partial charge in [-0.3, -0.25) is 0 Å². The molecule has 2 aromatic carbocycles. The molecule has 1 aromatic heterocycles. The van der Waals surface area contributed by atoms with Crippen LogP contribution in [0.15, 0.2) is 60.8 Å². The molecule has 3 aromatic rings. The van der Waals surface area contributed by atoms with Crippen LogP contribution in [0.1, 0.15) is 10.5 Å². The monoisotopic (exact) mass is 281 g/mol. The number of rotatable bonds is 4. The molecule has 0 aliphatic heterocycles. The second-order valence-electron chi connectivity index (χ2n) is 4.29. The number of carboxylic acids is 1. The van der Waals surface area contributed by atoms with Gasteiger partial charge in [0.05, 0.1) is 0 Å². The third kappa shape index (κ3) is 2.89. The van der Waals surface area contributed by atoms with Crippen LogP contribution in [0.3, 0.4) is 0 Å². The summed E-state index contributed by atoms with van der Waals surface area (Å²) < 4.78 is 0. The Labute approximate surface area is 120 Å². The maximum Gasteiger partial charge on any atom is 0.358 e. The zero-order valence-electron chi connectivity index (χ0n) is 10.9. The predicted octanol–water partition coefficient (Wildman–Crippen LogP) is 2.49. The molecular weight excluding hydrogens is 270 g/mol. The average molecular weight is 281 g/mol.